The van der Waals surface area contributed by atoms with Gasteiger partial charge in [0, 0.05) is 42.2 Å². The molecule has 0 fully saturated rings. The second kappa shape index (κ2) is 12.4. The molecule has 1 atom stereocenters. The van der Waals surface area contributed by atoms with Gasteiger partial charge in [-0.1, -0.05) is 35.9 Å². The lowest BCUT2D eigenvalue weighted by atomic mass is 10.1. The Morgan fingerprint density at radius 3 is 2.61 bits per heavy atom. The van der Waals surface area contributed by atoms with Crippen LogP contribution in [0.2, 0.25) is 5.15 Å². The quantitative estimate of drug-likeness (QED) is 0.293. The van der Waals surface area contributed by atoms with E-state index in [1.807, 2.05) is 12.1 Å². The first kappa shape index (κ1) is 24.7. The number of nitrogens with zero attached hydrogens (tertiary/aromatic N) is 3. The van der Waals surface area contributed by atoms with Crippen molar-refractivity contribution in [3.63, 3.8) is 0 Å². The van der Waals surface area contributed by atoms with Crippen LogP contribution in [0, 0.1) is 5.95 Å². The minimum atomic E-state index is -0.683. The summed E-state index contributed by atoms with van der Waals surface area (Å²) in [5.74, 6) is -0.926. The van der Waals surface area contributed by atoms with Crippen LogP contribution in [0.1, 0.15) is 33.2 Å². The molecule has 0 spiro atoms. The third-order valence-corrected chi connectivity index (χ3v) is 5.34. The number of rotatable bonds is 11. The van der Waals surface area contributed by atoms with E-state index < -0.39 is 12.1 Å². The molecule has 0 saturated heterocycles. The van der Waals surface area contributed by atoms with Crippen molar-refractivity contribution in [2.45, 2.75) is 19.1 Å². The van der Waals surface area contributed by atoms with Gasteiger partial charge >= 0.3 is 0 Å². The van der Waals surface area contributed by atoms with Crippen LogP contribution < -0.4 is 5.32 Å². The minimum absolute atomic E-state index is 0.0240. The number of carbonyl (C=O) groups is 1. The van der Waals surface area contributed by atoms with E-state index in [2.05, 4.69) is 15.3 Å². The summed E-state index contributed by atoms with van der Waals surface area (Å²) in [4.78, 5) is 21.8. The van der Waals surface area contributed by atoms with Crippen LogP contribution >= 0.6 is 11.6 Å². The number of pyridine rings is 2. The topological polar surface area (TPSA) is 98.6 Å². The Hall–Kier alpha value is -2.91. The molecule has 33 heavy (non-hydrogen) atoms. The highest BCUT2D eigenvalue weighted by molar-refractivity contribution is 6.29. The maximum atomic E-state index is 13.9. The highest BCUT2D eigenvalue weighted by Gasteiger charge is 2.17. The molecule has 0 unspecified atom stereocenters. The van der Waals surface area contributed by atoms with E-state index in [0.29, 0.717) is 41.4 Å². The van der Waals surface area contributed by atoms with Gasteiger partial charge in [-0.15, -0.1) is 0 Å². The Balaban J connectivity index is 1.51. The molecular weight excluding hydrogens is 447 g/mol. The first-order valence-electron chi connectivity index (χ1n) is 10.6. The Labute approximate surface area is 196 Å². The molecule has 7 nitrogen and oxygen atoms in total. The van der Waals surface area contributed by atoms with Crippen molar-refractivity contribution in [3.8, 4) is 0 Å². The van der Waals surface area contributed by atoms with Crippen molar-refractivity contribution in [2.24, 2.45) is 0 Å². The van der Waals surface area contributed by atoms with E-state index in [9.17, 15) is 19.4 Å². The standard InChI is InChI=1S/C24H26ClFN4O3/c25-22-8-7-19(14-29-22)21(32)15-27-11-9-17-3-5-18(6-4-17)24(33)30(12-13-31)16-20-2-1-10-28-23(20)26/h1-8,10,14,21,27,31-32H,9,11-13,15-16H2/t21-/m0/s1. The fourth-order valence-corrected chi connectivity index (χ4v) is 3.40. The molecule has 0 aliphatic rings. The molecule has 0 radical (unpaired) electrons. The van der Waals surface area contributed by atoms with Gasteiger partial charge in [0.1, 0.15) is 5.15 Å². The molecule has 2 heterocycles. The van der Waals surface area contributed by atoms with Gasteiger partial charge < -0.3 is 20.4 Å². The minimum Gasteiger partial charge on any atom is -0.395 e. The van der Waals surface area contributed by atoms with E-state index in [-0.39, 0.29) is 25.6 Å². The van der Waals surface area contributed by atoms with Crippen LogP contribution in [0.4, 0.5) is 4.39 Å². The molecule has 174 valence electrons. The van der Waals surface area contributed by atoms with Crippen LogP contribution in [0.25, 0.3) is 0 Å². The van der Waals surface area contributed by atoms with E-state index in [1.165, 1.54) is 11.1 Å². The summed E-state index contributed by atoms with van der Waals surface area (Å²) in [6.07, 6.45) is 2.92. The number of halogens is 2. The zero-order valence-electron chi connectivity index (χ0n) is 18.0. The van der Waals surface area contributed by atoms with E-state index in [0.717, 1.165) is 5.56 Å². The third kappa shape index (κ3) is 7.30. The molecule has 0 saturated carbocycles. The first-order chi connectivity index (χ1) is 16.0. The number of carbonyl (C=O) groups excluding carboxylic acids is 1. The Kier molecular flexibility index (Phi) is 9.26. The average molecular weight is 473 g/mol. The van der Waals surface area contributed by atoms with Crippen molar-refractivity contribution in [1.82, 2.24) is 20.2 Å². The molecule has 9 heteroatoms. The molecule has 0 aliphatic carbocycles. The monoisotopic (exact) mass is 472 g/mol. The van der Waals surface area contributed by atoms with Crippen LogP contribution in [0.3, 0.4) is 0 Å². The average Bonchev–Trinajstić information content (AvgIpc) is 2.83. The predicted octanol–water partition coefficient (Wildman–Crippen LogP) is 2.77. The summed E-state index contributed by atoms with van der Waals surface area (Å²) < 4.78 is 13.9. The van der Waals surface area contributed by atoms with Gasteiger partial charge in [-0.25, -0.2) is 9.97 Å². The molecule has 3 aromatic rings. The number of hydrogen-bond acceptors (Lipinski definition) is 6. The fourth-order valence-electron chi connectivity index (χ4n) is 3.29. The molecule has 0 bridgehead atoms. The normalized spacial score (nSPS) is 11.9. The van der Waals surface area contributed by atoms with Gasteiger partial charge in [-0.2, -0.15) is 4.39 Å². The highest BCUT2D eigenvalue weighted by Crippen LogP contribution is 2.14. The maximum Gasteiger partial charge on any atom is 0.254 e. The molecule has 0 aliphatic heterocycles. The highest BCUT2D eigenvalue weighted by atomic mass is 35.5. The van der Waals surface area contributed by atoms with E-state index >= 15 is 0 Å². The summed E-state index contributed by atoms with van der Waals surface area (Å²) in [5.41, 5.74) is 2.45. The smallest absolute Gasteiger partial charge is 0.254 e. The summed E-state index contributed by atoms with van der Waals surface area (Å²) in [7, 11) is 0. The summed E-state index contributed by atoms with van der Waals surface area (Å²) in [6, 6.07) is 13.7. The first-order valence-corrected chi connectivity index (χ1v) is 10.9. The van der Waals surface area contributed by atoms with Gasteiger partial charge in [0.15, 0.2) is 0 Å². The van der Waals surface area contributed by atoms with Crippen LogP contribution in [0.15, 0.2) is 60.9 Å². The Morgan fingerprint density at radius 2 is 1.94 bits per heavy atom. The van der Waals surface area contributed by atoms with Crippen LogP contribution in [-0.2, 0) is 13.0 Å². The number of aliphatic hydroxyl groups is 2. The van der Waals surface area contributed by atoms with Gasteiger partial charge in [0.2, 0.25) is 5.95 Å². The Bertz CT molecular complexity index is 1030. The summed E-state index contributed by atoms with van der Waals surface area (Å²) in [6.45, 7) is 0.902. The zero-order valence-corrected chi connectivity index (χ0v) is 18.7. The lowest BCUT2D eigenvalue weighted by molar-refractivity contribution is 0.0705. The van der Waals surface area contributed by atoms with Gasteiger partial charge in [0.25, 0.3) is 5.91 Å². The third-order valence-electron chi connectivity index (χ3n) is 5.12. The molecule has 1 amide bonds. The maximum absolute atomic E-state index is 13.9. The van der Waals surface area contributed by atoms with E-state index in [1.54, 1.807) is 42.6 Å². The lowest BCUT2D eigenvalue weighted by Crippen LogP contribution is -2.33. The Morgan fingerprint density at radius 1 is 1.15 bits per heavy atom. The van der Waals surface area contributed by atoms with Crippen molar-refractivity contribution in [2.75, 3.05) is 26.2 Å². The summed E-state index contributed by atoms with van der Waals surface area (Å²) in [5, 5.41) is 23.1. The SMILES string of the molecule is O=C(c1ccc(CCNC[C@H](O)c2ccc(Cl)nc2)cc1)N(CCO)Cc1cccnc1F. The van der Waals surface area contributed by atoms with Crippen LogP contribution in [-0.4, -0.2) is 57.2 Å². The van der Waals surface area contributed by atoms with Crippen molar-refractivity contribution in [3.05, 3.63) is 94.3 Å². The number of aromatic nitrogens is 2. The molecular formula is C24H26ClFN4O3. The van der Waals surface area contributed by atoms with Gasteiger partial charge in [-0.3, -0.25) is 4.79 Å². The van der Waals surface area contributed by atoms with Crippen molar-refractivity contribution >= 4 is 17.5 Å². The van der Waals surface area contributed by atoms with Crippen molar-refractivity contribution < 1.29 is 19.4 Å². The number of benzene rings is 1. The zero-order chi connectivity index (χ0) is 23.6. The van der Waals surface area contributed by atoms with Gasteiger partial charge in [-0.05, 0) is 42.8 Å². The fraction of sp³-hybridized carbons (Fsp3) is 0.292. The predicted molar refractivity (Wildman–Crippen MR) is 123 cm³/mol. The summed E-state index contributed by atoms with van der Waals surface area (Å²) >= 11 is 5.76. The number of nitrogens with one attached hydrogen (secondary N) is 1. The number of amides is 1. The molecule has 1 aromatic carbocycles. The molecule has 2 aromatic heterocycles. The largest absolute Gasteiger partial charge is 0.395 e. The van der Waals surface area contributed by atoms with Crippen molar-refractivity contribution in [1.29, 1.82) is 0 Å². The van der Waals surface area contributed by atoms with Crippen LogP contribution in [0.5, 0.6) is 0 Å². The number of aliphatic hydroxyl groups excluding tert-OH is 2. The van der Waals surface area contributed by atoms with Gasteiger partial charge in [0.05, 0.1) is 19.3 Å². The lowest BCUT2D eigenvalue weighted by Gasteiger charge is -2.22. The molecule has 3 rings (SSSR count). The van der Waals surface area contributed by atoms with E-state index in [4.69, 9.17) is 11.6 Å². The molecule has 3 N–H and O–H groups in total. The second-order valence-electron chi connectivity index (χ2n) is 7.48. The second-order valence-corrected chi connectivity index (χ2v) is 7.87. The number of hydrogen-bond donors (Lipinski definition) is 3.